The van der Waals surface area contributed by atoms with E-state index >= 15 is 0 Å². The van der Waals surface area contributed by atoms with Crippen LogP contribution in [0.2, 0.25) is 0 Å². The van der Waals surface area contributed by atoms with E-state index in [1.54, 1.807) is 0 Å². The van der Waals surface area contributed by atoms with Gasteiger partial charge in [-0.3, -0.25) is 0 Å². The van der Waals surface area contributed by atoms with Crippen LogP contribution >= 0.6 is 0 Å². The van der Waals surface area contributed by atoms with Crippen LogP contribution in [0.1, 0.15) is 26.2 Å². The van der Waals surface area contributed by atoms with Gasteiger partial charge in [0, 0.05) is 24.6 Å². The maximum atomic E-state index is 10.9. The first-order valence-electron chi connectivity index (χ1n) is 5.32. The highest BCUT2D eigenvalue weighted by atomic mass is 32.2. The minimum atomic E-state index is -2.89. The third-order valence-corrected chi connectivity index (χ3v) is 4.16. The van der Waals surface area contributed by atoms with E-state index in [0.717, 1.165) is 6.42 Å². The molecule has 0 spiro atoms. The third kappa shape index (κ3) is 4.09. The van der Waals surface area contributed by atoms with Crippen molar-refractivity contribution in [1.82, 2.24) is 4.90 Å². The zero-order valence-electron chi connectivity index (χ0n) is 9.73. The molecule has 1 heterocycles. The molecule has 1 aliphatic heterocycles. The minimum absolute atomic E-state index is 0.174. The second-order valence-electron chi connectivity index (χ2n) is 4.93. The van der Waals surface area contributed by atoms with Gasteiger partial charge in [0.1, 0.15) is 9.84 Å². The van der Waals surface area contributed by atoms with Crippen LogP contribution in [0, 0.1) is 0 Å². The Morgan fingerprint density at radius 2 is 2.13 bits per heavy atom. The number of nitrogens with zero attached hydrogens (tertiary/aromatic N) is 1. The van der Waals surface area contributed by atoms with E-state index in [0.29, 0.717) is 25.4 Å². The summed E-state index contributed by atoms with van der Waals surface area (Å²) in [4.78, 5) is 2.11. The Hall–Kier alpha value is -0.130. The van der Waals surface area contributed by atoms with Gasteiger partial charge in [0.15, 0.2) is 0 Å². The molecule has 0 amide bonds. The average Bonchev–Trinajstić information content (AvgIpc) is 2.23. The molecule has 1 rings (SSSR count). The van der Waals surface area contributed by atoms with Crippen molar-refractivity contribution in [1.29, 1.82) is 0 Å². The number of likely N-dealkylation sites (N-methyl/N-ethyl adjacent to an activating group) is 1. The molecule has 0 aliphatic carbocycles. The fraction of sp³-hybridized carbons (Fsp3) is 1.00. The molecule has 0 aromatic heterocycles. The summed E-state index contributed by atoms with van der Waals surface area (Å²) in [5, 5.41) is 10.2. The lowest BCUT2D eigenvalue weighted by molar-refractivity contribution is 0.0423. The molecule has 1 aliphatic rings. The molecule has 5 heteroatoms. The zero-order chi connectivity index (χ0) is 11.7. The standard InChI is InChI=1S/C10H21NO3S/c1-9-7-10(12,8-11(9)2)5-4-6-15(3,13)14/h9,12H,4-8H2,1-3H3. The van der Waals surface area contributed by atoms with Crippen molar-refractivity contribution >= 4 is 9.84 Å². The lowest BCUT2D eigenvalue weighted by atomic mass is 9.95. The van der Waals surface area contributed by atoms with Gasteiger partial charge in [0.25, 0.3) is 0 Å². The van der Waals surface area contributed by atoms with Crippen molar-refractivity contribution in [2.75, 3.05) is 25.6 Å². The Morgan fingerprint density at radius 1 is 1.53 bits per heavy atom. The van der Waals surface area contributed by atoms with Crippen LogP contribution in [-0.2, 0) is 9.84 Å². The van der Waals surface area contributed by atoms with Crippen molar-refractivity contribution in [2.45, 2.75) is 37.8 Å². The molecule has 0 saturated carbocycles. The van der Waals surface area contributed by atoms with Crippen LogP contribution < -0.4 is 0 Å². The van der Waals surface area contributed by atoms with E-state index in [-0.39, 0.29) is 5.75 Å². The topological polar surface area (TPSA) is 57.6 Å². The highest BCUT2D eigenvalue weighted by Gasteiger charge is 2.38. The first-order valence-corrected chi connectivity index (χ1v) is 7.38. The molecule has 0 aromatic carbocycles. The van der Waals surface area contributed by atoms with Crippen molar-refractivity contribution < 1.29 is 13.5 Å². The molecule has 0 bridgehead atoms. The van der Waals surface area contributed by atoms with E-state index in [2.05, 4.69) is 11.8 Å². The maximum Gasteiger partial charge on any atom is 0.147 e. The van der Waals surface area contributed by atoms with Crippen LogP contribution in [0.3, 0.4) is 0 Å². The van der Waals surface area contributed by atoms with Crippen LogP contribution in [0.15, 0.2) is 0 Å². The SMILES string of the molecule is CC1CC(O)(CCCS(C)(=O)=O)CN1C. The largest absolute Gasteiger partial charge is 0.388 e. The van der Waals surface area contributed by atoms with Gasteiger partial charge in [0.2, 0.25) is 0 Å². The summed E-state index contributed by atoms with van der Waals surface area (Å²) in [5.74, 6) is 0.174. The average molecular weight is 235 g/mol. The monoisotopic (exact) mass is 235 g/mol. The summed E-state index contributed by atoms with van der Waals surface area (Å²) in [6.45, 7) is 2.73. The Balaban J connectivity index is 2.39. The Bertz CT molecular complexity index is 303. The fourth-order valence-electron chi connectivity index (χ4n) is 2.23. The minimum Gasteiger partial charge on any atom is -0.388 e. The van der Waals surface area contributed by atoms with Crippen LogP contribution in [0.5, 0.6) is 0 Å². The summed E-state index contributed by atoms with van der Waals surface area (Å²) in [5.41, 5.74) is -0.682. The summed E-state index contributed by atoms with van der Waals surface area (Å²) in [7, 11) is -0.909. The Labute approximate surface area is 92.2 Å². The van der Waals surface area contributed by atoms with Crippen LogP contribution in [0.4, 0.5) is 0 Å². The lowest BCUT2D eigenvalue weighted by Gasteiger charge is -2.21. The summed E-state index contributed by atoms with van der Waals surface area (Å²) < 4.78 is 21.9. The van der Waals surface area contributed by atoms with Crippen molar-refractivity contribution in [2.24, 2.45) is 0 Å². The molecule has 2 atom stereocenters. The molecule has 1 N–H and O–H groups in total. The first-order chi connectivity index (χ1) is 6.72. The molecule has 2 unspecified atom stereocenters. The predicted octanol–water partition coefficient (Wildman–Crippen LogP) is 0.266. The molecule has 15 heavy (non-hydrogen) atoms. The van der Waals surface area contributed by atoms with Gasteiger partial charge >= 0.3 is 0 Å². The van der Waals surface area contributed by atoms with E-state index in [1.807, 2.05) is 7.05 Å². The molecule has 1 saturated heterocycles. The molecule has 90 valence electrons. The Kier molecular flexibility index (Phi) is 3.79. The predicted molar refractivity (Wildman–Crippen MR) is 60.6 cm³/mol. The third-order valence-electron chi connectivity index (χ3n) is 3.13. The van der Waals surface area contributed by atoms with Crippen LogP contribution in [0.25, 0.3) is 0 Å². The molecule has 0 radical (unpaired) electrons. The number of likely N-dealkylation sites (tertiary alicyclic amines) is 1. The maximum absolute atomic E-state index is 10.9. The molecule has 0 aromatic rings. The molecular weight excluding hydrogens is 214 g/mol. The van der Waals surface area contributed by atoms with Gasteiger partial charge in [0.05, 0.1) is 5.60 Å². The molecule has 1 fully saturated rings. The number of hydrogen-bond donors (Lipinski definition) is 1. The van der Waals surface area contributed by atoms with E-state index in [1.165, 1.54) is 6.26 Å². The van der Waals surface area contributed by atoms with Crippen molar-refractivity contribution in [3.8, 4) is 0 Å². The van der Waals surface area contributed by atoms with Gasteiger partial charge in [-0.1, -0.05) is 0 Å². The highest BCUT2D eigenvalue weighted by molar-refractivity contribution is 7.90. The first kappa shape index (κ1) is 12.9. The van der Waals surface area contributed by atoms with E-state index in [4.69, 9.17) is 0 Å². The Morgan fingerprint density at radius 3 is 2.53 bits per heavy atom. The van der Waals surface area contributed by atoms with Crippen molar-refractivity contribution in [3.05, 3.63) is 0 Å². The van der Waals surface area contributed by atoms with Gasteiger partial charge in [-0.15, -0.1) is 0 Å². The summed E-state index contributed by atoms with van der Waals surface area (Å²) >= 11 is 0. The normalized spacial score (nSPS) is 33.5. The molecule has 4 nitrogen and oxygen atoms in total. The van der Waals surface area contributed by atoms with Crippen LogP contribution in [-0.4, -0.2) is 55.7 Å². The number of aliphatic hydroxyl groups is 1. The van der Waals surface area contributed by atoms with Gasteiger partial charge in [-0.25, -0.2) is 8.42 Å². The lowest BCUT2D eigenvalue weighted by Crippen LogP contribution is -2.32. The quantitative estimate of drug-likeness (QED) is 0.760. The summed E-state index contributed by atoms with van der Waals surface area (Å²) in [6, 6.07) is 0.383. The highest BCUT2D eigenvalue weighted by Crippen LogP contribution is 2.29. The second-order valence-corrected chi connectivity index (χ2v) is 7.19. The number of β-amino-alcohol motifs (C(OH)–C–C–N with tert-alkyl or cyclic N) is 1. The van der Waals surface area contributed by atoms with Gasteiger partial charge in [-0.05, 0) is 33.2 Å². The van der Waals surface area contributed by atoms with Gasteiger partial charge < -0.3 is 10.0 Å². The van der Waals surface area contributed by atoms with E-state index < -0.39 is 15.4 Å². The zero-order valence-corrected chi connectivity index (χ0v) is 10.5. The summed E-state index contributed by atoms with van der Waals surface area (Å²) in [6.07, 6.45) is 3.11. The fourth-order valence-corrected chi connectivity index (χ4v) is 2.90. The smallest absolute Gasteiger partial charge is 0.147 e. The van der Waals surface area contributed by atoms with Gasteiger partial charge in [-0.2, -0.15) is 0 Å². The number of sulfone groups is 1. The van der Waals surface area contributed by atoms with E-state index in [9.17, 15) is 13.5 Å². The molecular formula is C10H21NO3S. The number of hydrogen-bond acceptors (Lipinski definition) is 4. The van der Waals surface area contributed by atoms with Crippen molar-refractivity contribution in [3.63, 3.8) is 0 Å². The second kappa shape index (κ2) is 4.39. The number of rotatable bonds is 4.